The third-order valence-electron chi connectivity index (χ3n) is 3.43. The van der Waals surface area contributed by atoms with E-state index < -0.39 is 5.54 Å². The van der Waals surface area contributed by atoms with E-state index in [2.05, 4.69) is 5.32 Å². The maximum Gasteiger partial charge on any atom is 0.324 e. The minimum absolute atomic E-state index is 0.101. The van der Waals surface area contributed by atoms with Gasteiger partial charge >= 0.3 is 6.03 Å². The van der Waals surface area contributed by atoms with Crippen LogP contribution in [0.1, 0.15) is 19.3 Å². The van der Waals surface area contributed by atoms with Crippen LogP contribution in [0.4, 0.5) is 4.79 Å². The third-order valence-corrected chi connectivity index (χ3v) is 3.43. The summed E-state index contributed by atoms with van der Waals surface area (Å²) in [7, 11) is 1.51. The Kier molecular flexibility index (Phi) is 1.99. The quantitative estimate of drug-likeness (QED) is 0.565. The standard InChI is InChI=1S/C9H15N3O2/c1-12-7(13)9(11-8(12)14)4-2-3-6(9)5-10/h6H,2-5,10H2,1H3,(H,11,14)/t6-,9-/m1/s1. The van der Waals surface area contributed by atoms with Crippen molar-refractivity contribution in [2.75, 3.05) is 13.6 Å². The molecule has 78 valence electrons. The number of carbonyl (C=O) groups excluding carboxylic acids is 2. The molecule has 2 aliphatic rings. The molecule has 0 bridgehead atoms. The molecule has 0 unspecified atom stereocenters. The van der Waals surface area contributed by atoms with E-state index in [-0.39, 0.29) is 17.9 Å². The summed E-state index contributed by atoms with van der Waals surface area (Å²) in [5, 5.41) is 2.79. The summed E-state index contributed by atoms with van der Waals surface area (Å²) >= 11 is 0. The predicted molar refractivity (Wildman–Crippen MR) is 50.4 cm³/mol. The largest absolute Gasteiger partial charge is 0.330 e. The number of rotatable bonds is 1. The van der Waals surface area contributed by atoms with Gasteiger partial charge in [-0.1, -0.05) is 6.42 Å². The summed E-state index contributed by atoms with van der Waals surface area (Å²) in [6, 6.07) is -0.296. The molecule has 0 aromatic carbocycles. The molecule has 1 saturated heterocycles. The van der Waals surface area contributed by atoms with Gasteiger partial charge in [0.1, 0.15) is 5.54 Å². The number of amides is 3. The molecule has 1 spiro atoms. The van der Waals surface area contributed by atoms with E-state index >= 15 is 0 Å². The Morgan fingerprint density at radius 2 is 2.36 bits per heavy atom. The van der Waals surface area contributed by atoms with Gasteiger partial charge in [-0.05, 0) is 19.4 Å². The fourth-order valence-corrected chi connectivity index (χ4v) is 2.56. The molecule has 14 heavy (non-hydrogen) atoms. The van der Waals surface area contributed by atoms with Crippen molar-refractivity contribution >= 4 is 11.9 Å². The molecule has 1 saturated carbocycles. The number of nitrogens with zero attached hydrogens (tertiary/aromatic N) is 1. The maximum atomic E-state index is 11.9. The SMILES string of the molecule is CN1C(=O)N[C@@]2(CCC[C@@H]2CN)C1=O. The Morgan fingerprint density at radius 3 is 2.86 bits per heavy atom. The first-order valence-corrected chi connectivity index (χ1v) is 4.92. The molecule has 2 rings (SSSR count). The molecule has 1 aliphatic heterocycles. The van der Waals surface area contributed by atoms with Crippen molar-refractivity contribution in [3.63, 3.8) is 0 Å². The van der Waals surface area contributed by atoms with E-state index in [0.717, 1.165) is 24.2 Å². The second-order valence-electron chi connectivity index (χ2n) is 4.09. The molecule has 0 aromatic heterocycles. The summed E-state index contributed by atoms with van der Waals surface area (Å²) in [5.74, 6) is -0.0145. The van der Waals surface area contributed by atoms with Gasteiger partial charge in [0.05, 0.1) is 0 Å². The molecule has 0 aromatic rings. The molecule has 5 nitrogen and oxygen atoms in total. The summed E-state index contributed by atoms with van der Waals surface area (Å²) in [5.41, 5.74) is 4.94. The van der Waals surface area contributed by atoms with Gasteiger partial charge in [0, 0.05) is 13.0 Å². The van der Waals surface area contributed by atoms with Crippen LogP contribution < -0.4 is 11.1 Å². The lowest BCUT2D eigenvalue weighted by atomic mass is 9.87. The van der Waals surface area contributed by atoms with Crippen LogP contribution in [0.2, 0.25) is 0 Å². The lowest BCUT2D eigenvalue weighted by Gasteiger charge is -2.27. The number of nitrogens with one attached hydrogen (secondary N) is 1. The zero-order chi connectivity index (χ0) is 10.3. The van der Waals surface area contributed by atoms with Crippen LogP contribution in [0, 0.1) is 5.92 Å². The molecular weight excluding hydrogens is 182 g/mol. The van der Waals surface area contributed by atoms with E-state index in [4.69, 9.17) is 5.73 Å². The minimum atomic E-state index is -0.680. The Balaban J connectivity index is 2.32. The van der Waals surface area contributed by atoms with Gasteiger partial charge in [0.15, 0.2) is 0 Å². The highest BCUT2D eigenvalue weighted by Crippen LogP contribution is 2.39. The van der Waals surface area contributed by atoms with Crippen LogP contribution in [0.15, 0.2) is 0 Å². The Labute approximate surface area is 82.6 Å². The predicted octanol–water partition coefficient (Wildman–Crippen LogP) is -0.334. The summed E-state index contributed by atoms with van der Waals surface area (Å²) in [6.45, 7) is 0.458. The Hall–Kier alpha value is -1.10. The highest BCUT2D eigenvalue weighted by molar-refractivity contribution is 6.07. The van der Waals surface area contributed by atoms with Crippen LogP contribution in [-0.2, 0) is 4.79 Å². The van der Waals surface area contributed by atoms with Gasteiger partial charge in [0.25, 0.3) is 5.91 Å². The average molecular weight is 197 g/mol. The van der Waals surface area contributed by atoms with Crippen molar-refractivity contribution < 1.29 is 9.59 Å². The number of hydrogen-bond donors (Lipinski definition) is 2. The number of hydrogen-bond acceptors (Lipinski definition) is 3. The molecule has 0 radical (unpaired) electrons. The second-order valence-corrected chi connectivity index (χ2v) is 4.09. The highest BCUT2D eigenvalue weighted by Gasteiger charge is 2.56. The van der Waals surface area contributed by atoms with Crippen LogP contribution >= 0.6 is 0 Å². The fraction of sp³-hybridized carbons (Fsp3) is 0.778. The molecule has 1 heterocycles. The maximum absolute atomic E-state index is 11.9. The second kappa shape index (κ2) is 2.95. The fourth-order valence-electron chi connectivity index (χ4n) is 2.56. The summed E-state index contributed by atoms with van der Waals surface area (Å²) in [4.78, 5) is 24.4. The first kappa shape index (κ1) is 9.45. The summed E-state index contributed by atoms with van der Waals surface area (Å²) in [6.07, 6.45) is 2.61. The topological polar surface area (TPSA) is 75.4 Å². The lowest BCUT2D eigenvalue weighted by molar-refractivity contribution is -0.131. The Bertz CT molecular complexity index is 292. The van der Waals surface area contributed by atoms with E-state index in [1.807, 2.05) is 0 Å². The number of carbonyl (C=O) groups is 2. The number of imide groups is 1. The van der Waals surface area contributed by atoms with E-state index in [0.29, 0.717) is 6.54 Å². The molecular formula is C9H15N3O2. The van der Waals surface area contributed by atoms with Crippen molar-refractivity contribution in [2.45, 2.75) is 24.8 Å². The van der Waals surface area contributed by atoms with Crippen LogP contribution in [0.25, 0.3) is 0 Å². The molecule has 5 heteroatoms. The van der Waals surface area contributed by atoms with Crippen molar-refractivity contribution in [1.82, 2.24) is 10.2 Å². The van der Waals surface area contributed by atoms with Gasteiger partial charge in [-0.3, -0.25) is 9.69 Å². The molecule has 3 amide bonds. The van der Waals surface area contributed by atoms with Crippen molar-refractivity contribution in [3.05, 3.63) is 0 Å². The van der Waals surface area contributed by atoms with E-state index in [1.165, 1.54) is 7.05 Å². The minimum Gasteiger partial charge on any atom is -0.330 e. The zero-order valence-electron chi connectivity index (χ0n) is 8.25. The van der Waals surface area contributed by atoms with Gasteiger partial charge < -0.3 is 11.1 Å². The lowest BCUT2D eigenvalue weighted by Crippen LogP contribution is -2.52. The van der Waals surface area contributed by atoms with Crippen LogP contribution in [-0.4, -0.2) is 36.0 Å². The normalized spacial score (nSPS) is 37.0. The number of nitrogens with two attached hydrogens (primary N) is 1. The average Bonchev–Trinajstić information content (AvgIpc) is 2.66. The van der Waals surface area contributed by atoms with Crippen molar-refractivity contribution in [3.8, 4) is 0 Å². The van der Waals surface area contributed by atoms with Crippen molar-refractivity contribution in [2.24, 2.45) is 11.7 Å². The first-order chi connectivity index (χ1) is 6.62. The molecule has 1 aliphatic carbocycles. The number of urea groups is 1. The third kappa shape index (κ3) is 0.987. The zero-order valence-corrected chi connectivity index (χ0v) is 8.25. The number of likely N-dealkylation sites (N-methyl/N-ethyl adjacent to an activating group) is 1. The highest BCUT2D eigenvalue weighted by atomic mass is 16.2. The summed E-state index contributed by atoms with van der Waals surface area (Å²) < 4.78 is 0. The van der Waals surface area contributed by atoms with Crippen LogP contribution in [0.5, 0.6) is 0 Å². The Morgan fingerprint density at radius 1 is 1.64 bits per heavy atom. The van der Waals surface area contributed by atoms with E-state index in [1.54, 1.807) is 0 Å². The van der Waals surface area contributed by atoms with Gasteiger partial charge in [-0.2, -0.15) is 0 Å². The first-order valence-electron chi connectivity index (χ1n) is 4.92. The monoisotopic (exact) mass is 197 g/mol. The van der Waals surface area contributed by atoms with Crippen LogP contribution in [0.3, 0.4) is 0 Å². The van der Waals surface area contributed by atoms with E-state index in [9.17, 15) is 9.59 Å². The molecule has 3 N–H and O–H groups in total. The van der Waals surface area contributed by atoms with Gasteiger partial charge in [-0.15, -0.1) is 0 Å². The van der Waals surface area contributed by atoms with Gasteiger partial charge in [0.2, 0.25) is 0 Å². The van der Waals surface area contributed by atoms with Crippen molar-refractivity contribution in [1.29, 1.82) is 0 Å². The molecule has 2 atom stereocenters. The smallest absolute Gasteiger partial charge is 0.324 e. The van der Waals surface area contributed by atoms with Gasteiger partial charge in [-0.25, -0.2) is 4.79 Å². The molecule has 2 fully saturated rings.